The van der Waals surface area contributed by atoms with Crippen molar-refractivity contribution in [2.75, 3.05) is 11.9 Å². The van der Waals surface area contributed by atoms with E-state index >= 15 is 0 Å². The summed E-state index contributed by atoms with van der Waals surface area (Å²) >= 11 is 0. The summed E-state index contributed by atoms with van der Waals surface area (Å²) in [5.74, 6) is 4.41. The second kappa shape index (κ2) is 3.95. The normalized spacial score (nSPS) is 39.9. The molecule has 2 N–H and O–H groups in total. The van der Waals surface area contributed by atoms with E-state index in [-0.39, 0.29) is 0 Å². The Balaban J connectivity index is 1.37. The van der Waals surface area contributed by atoms with Crippen molar-refractivity contribution >= 4 is 6.01 Å². The van der Waals surface area contributed by atoms with Gasteiger partial charge in [0.2, 0.25) is 5.89 Å². The zero-order chi connectivity index (χ0) is 12.1. The number of anilines is 1. The minimum Gasteiger partial charge on any atom is -0.407 e. The van der Waals surface area contributed by atoms with Crippen LogP contribution in [0.4, 0.5) is 6.01 Å². The Labute approximate surface area is 107 Å². The zero-order valence-corrected chi connectivity index (χ0v) is 10.7. The molecule has 18 heavy (non-hydrogen) atoms. The Hall–Kier alpha value is -1.10. The van der Waals surface area contributed by atoms with Crippen LogP contribution in [0, 0.1) is 23.7 Å². The molecule has 3 aliphatic carbocycles. The van der Waals surface area contributed by atoms with Crippen molar-refractivity contribution in [3.63, 3.8) is 0 Å². The fourth-order valence-electron chi connectivity index (χ4n) is 4.28. The van der Waals surface area contributed by atoms with E-state index in [0.717, 1.165) is 30.2 Å². The largest absolute Gasteiger partial charge is 0.407 e. The molecule has 0 radical (unpaired) electrons. The van der Waals surface area contributed by atoms with Gasteiger partial charge in [-0.1, -0.05) is 12.0 Å². The van der Waals surface area contributed by atoms with Gasteiger partial charge in [-0.25, -0.2) is 0 Å². The first-order valence-electron chi connectivity index (χ1n) is 7.16. The van der Waals surface area contributed by atoms with Crippen molar-refractivity contribution in [2.45, 2.75) is 38.8 Å². The van der Waals surface area contributed by atoms with Gasteiger partial charge in [0.1, 0.15) is 0 Å². The molecular formula is C13H20N4O. The first-order valence-corrected chi connectivity index (χ1v) is 7.16. The van der Waals surface area contributed by atoms with Crippen LogP contribution in [-0.4, -0.2) is 22.8 Å². The lowest BCUT2D eigenvalue weighted by atomic mass is 10.0. The standard InChI is InChI=1S/C13H20N4O/c1-2-14-6-9-16-17-13(18-9)15-12-10-7-3-4-8(5-7)11(10)12/h7-8,10-12,14H,2-6H2,1H3,(H,15,17). The van der Waals surface area contributed by atoms with Gasteiger partial charge in [-0.3, -0.25) is 0 Å². The quantitative estimate of drug-likeness (QED) is 0.829. The number of rotatable bonds is 5. The highest BCUT2D eigenvalue weighted by molar-refractivity contribution is 5.31. The summed E-state index contributed by atoms with van der Waals surface area (Å²) in [4.78, 5) is 0. The molecule has 2 bridgehead atoms. The van der Waals surface area contributed by atoms with Crippen LogP contribution in [0.3, 0.4) is 0 Å². The van der Waals surface area contributed by atoms with Gasteiger partial charge in [-0.05, 0) is 49.5 Å². The predicted molar refractivity (Wildman–Crippen MR) is 66.9 cm³/mol. The van der Waals surface area contributed by atoms with Gasteiger partial charge in [0.15, 0.2) is 0 Å². The van der Waals surface area contributed by atoms with Gasteiger partial charge in [0.25, 0.3) is 0 Å². The fraction of sp³-hybridized carbons (Fsp3) is 0.846. The van der Waals surface area contributed by atoms with Crippen molar-refractivity contribution < 1.29 is 4.42 Å². The van der Waals surface area contributed by atoms with E-state index in [1.165, 1.54) is 19.3 Å². The summed E-state index contributed by atoms with van der Waals surface area (Å²) in [7, 11) is 0. The first kappa shape index (κ1) is 10.8. The molecule has 3 fully saturated rings. The molecule has 1 aromatic rings. The molecule has 0 aliphatic heterocycles. The third kappa shape index (κ3) is 1.56. The van der Waals surface area contributed by atoms with Crippen molar-refractivity contribution in [3.8, 4) is 0 Å². The number of nitrogens with one attached hydrogen (secondary N) is 2. The highest BCUT2D eigenvalue weighted by Crippen LogP contribution is 2.66. The molecule has 0 saturated heterocycles. The van der Waals surface area contributed by atoms with Crippen LogP contribution in [0.15, 0.2) is 4.42 Å². The third-order valence-electron chi connectivity index (χ3n) is 5.02. The Morgan fingerprint density at radius 1 is 1.22 bits per heavy atom. The van der Waals surface area contributed by atoms with Crippen LogP contribution >= 0.6 is 0 Å². The Kier molecular flexibility index (Phi) is 2.37. The van der Waals surface area contributed by atoms with Crippen molar-refractivity contribution in [2.24, 2.45) is 23.7 Å². The number of nitrogens with zero attached hydrogens (tertiary/aromatic N) is 2. The van der Waals surface area contributed by atoms with E-state index < -0.39 is 0 Å². The van der Waals surface area contributed by atoms with Gasteiger partial charge in [-0.15, -0.1) is 5.10 Å². The second-order valence-electron chi connectivity index (χ2n) is 5.94. The van der Waals surface area contributed by atoms with Gasteiger partial charge in [-0.2, -0.15) is 0 Å². The summed E-state index contributed by atoms with van der Waals surface area (Å²) in [5, 5.41) is 14.8. The molecule has 3 saturated carbocycles. The summed E-state index contributed by atoms with van der Waals surface area (Å²) in [6.07, 6.45) is 4.36. The third-order valence-corrected chi connectivity index (χ3v) is 5.02. The van der Waals surface area contributed by atoms with Gasteiger partial charge in [0.05, 0.1) is 6.54 Å². The molecule has 98 valence electrons. The van der Waals surface area contributed by atoms with Crippen LogP contribution in [-0.2, 0) is 6.54 Å². The van der Waals surface area contributed by atoms with E-state index in [1.54, 1.807) is 0 Å². The lowest BCUT2D eigenvalue weighted by Crippen LogP contribution is -2.13. The minimum atomic E-state index is 0.613. The van der Waals surface area contributed by atoms with E-state index in [2.05, 4.69) is 27.8 Å². The summed E-state index contributed by atoms with van der Waals surface area (Å²) in [6.45, 7) is 3.64. The van der Waals surface area contributed by atoms with Crippen LogP contribution in [0.5, 0.6) is 0 Å². The maximum Gasteiger partial charge on any atom is 0.315 e. The molecule has 4 atom stereocenters. The van der Waals surface area contributed by atoms with Crippen molar-refractivity contribution in [3.05, 3.63) is 5.89 Å². The van der Waals surface area contributed by atoms with Crippen LogP contribution < -0.4 is 10.6 Å². The molecule has 1 aromatic heterocycles. The number of hydrogen-bond acceptors (Lipinski definition) is 5. The molecule has 5 heteroatoms. The second-order valence-corrected chi connectivity index (χ2v) is 5.94. The molecule has 4 rings (SSSR count). The van der Waals surface area contributed by atoms with E-state index in [9.17, 15) is 0 Å². The topological polar surface area (TPSA) is 63.0 Å². The average molecular weight is 248 g/mol. The number of fused-ring (bicyclic) bond motifs is 5. The number of hydrogen-bond donors (Lipinski definition) is 2. The molecule has 4 unspecified atom stereocenters. The molecule has 0 amide bonds. The Morgan fingerprint density at radius 3 is 2.72 bits per heavy atom. The van der Waals surface area contributed by atoms with Crippen LogP contribution in [0.1, 0.15) is 32.1 Å². The predicted octanol–water partition coefficient (Wildman–Crippen LogP) is 1.64. The van der Waals surface area contributed by atoms with Crippen molar-refractivity contribution in [1.29, 1.82) is 0 Å². The maximum atomic E-state index is 5.60. The molecule has 0 aromatic carbocycles. The van der Waals surface area contributed by atoms with Gasteiger partial charge < -0.3 is 15.1 Å². The zero-order valence-electron chi connectivity index (χ0n) is 10.7. The highest BCUT2D eigenvalue weighted by Gasteiger charge is 2.65. The average Bonchev–Trinajstić information content (AvgIpc) is 2.81. The van der Waals surface area contributed by atoms with E-state index in [1.807, 2.05) is 0 Å². The smallest absolute Gasteiger partial charge is 0.315 e. The summed E-state index contributed by atoms with van der Waals surface area (Å²) in [5.41, 5.74) is 0. The summed E-state index contributed by atoms with van der Waals surface area (Å²) in [6, 6.07) is 1.23. The molecule has 3 aliphatic rings. The molecule has 0 spiro atoms. The van der Waals surface area contributed by atoms with Crippen molar-refractivity contribution in [1.82, 2.24) is 15.5 Å². The first-order chi connectivity index (χ1) is 8.86. The fourth-order valence-corrected chi connectivity index (χ4v) is 4.28. The van der Waals surface area contributed by atoms with E-state index in [0.29, 0.717) is 24.5 Å². The van der Waals surface area contributed by atoms with E-state index in [4.69, 9.17) is 4.42 Å². The Bertz CT molecular complexity index is 430. The molecule has 1 heterocycles. The maximum absolute atomic E-state index is 5.60. The lowest BCUT2D eigenvalue weighted by Gasteiger charge is -2.08. The van der Waals surface area contributed by atoms with Crippen LogP contribution in [0.25, 0.3) is 0 Å². The highest BCUT2D eigenvalue weighted by atomic mass is 16.4. The Morgan fingerprint density at radius 2 is 2.00 bits per heavy atom. The van der Waals surface area contributed by atoms with Gasteiger partial charge in [0, 0.05) is 6.04 Å². The SMILES string of the molecule is CCNCc1nnc(NC2C3C4CCC(C4)C23)o1. The summed E-state index contributed by atoms with van der Waals surface area (Å²) < 4.78 is 5.60. The minimum absolute atomic E-state index is 0.613. The molecular weight excluding hydrogens is 228 g/mol. The molecule has 5 nitrogen and oxygen atoms in total. The lowest BCUT2D eigenvalue weighted by molar-refractivity contribution is 0.456. The monoisotopic (exact) mass is 248 g/mol. The van der Waals surface area contributed by atoms with Crippen LogP contribution in [0.2, 0.25) is 0 Å². The van der Waals surface area contributed by atoms with Gasteiger partial charge >= 0.3 is 6.01 Å². The number of aromatic nitrogens is 2.